The van der Waals surface area contributed by atoms with Crippen LogP contribution in [0.15, 0.2) is 36.4 Å². The summed E-state index contributed by atoms with van der Waals surface area (Å²) in [6.45, 7) is 0.986. The van der Waals surface area contributed by atoms with E-state index < -0.39 is 23.7 Å². The monoisotopic (exact) mass is 466 g/mol. The van der Waals surface area contributed by atoms with E-state index in [4.69, 9.17) is 23.2 Å². The predicted octanol–water partition coefficient (Wildman–Crippen LogP) is 4.40. The Bertz CT molecular complexity index is 904. The zero-order valence-electron chi connectivity index (χ0n) is 17.7. The van der Waals surface area contributed by atoms with Gasteiger partial charge in [-0.25, -0.2) is 4.79 Å². The summed E-state index contributed by atoms with van der Waals surface area (Å²) in [5.74, 6) is -2.32. The summed E-state index contributed by atoms with van der Waals surface area (Å²) < 4.78 is 0. The van der Waals surface area contributed by atoms with Crippen molar-refractivity contribution in [2.45, 2.75) is 38.1 Å². The van der Waals surface area contributed by atoms with Crippen LogP contribution in [0.5, 0.6) is 5.75 Å². The van der Waals surface area contributed by atoms with Crippen LogP contribution in [0.3, 0.4) is 0 Å². The molecule has 0 spiro atoms. The number of carboxylic acid groups (broad SMARTS) is 1. The quantitative estimate of drug-likeness (QED) is 0.427. The van der Waals surface area contributed by atoms with E-state index in [0.717, 1.165) is 31.4 Å². The van der Waals surface area contributed by atoms with Crippen LogP contribution in [0.2, 0.25) is 10.0 Å². The molecular weight excluding hydrogens is 439 g/mol. The maximum Gasteiger partial charge on any atom is 0.326 e. The topological polar surface area (TPSA) is 89.9 Å². The van der Waals surface area contributed by atoms with Gasteiger partial charge < -0.3 is 20.4 Å². The minimum atomic E-state index is -1.18. The number of carboxylic acids is 1. The van der Waals surface area contributed by atoms with Gasteiger partial charge in [-0.1, -0.05) is 60.0 Å². The van der Waals surface area contributed by atoms with Gasteiger partial charge in [0.25, 0.3) is 5.91 Å². The smallest absolute Gasteiger partial charge is 0.326 e. The van der Waals surface area contributed by atoms with Crippen molar-refractivity contribution in [1.82, 2.24) is 10.2 Å². The number of benzene rings is 2. The van der Waals surface area contributed by atoms with E-state index in [1.165, 1.54) is 6.07 Å². The molecular formula is C23H28Cl2N2O4. The minimum absolute atomic E-state index is 0.0280. The number of unbranched alkanes of at least 4 members (excludes halogenated alkanes) is 2. The van der Waals surface area contributed by atoms with Crippen molar-refractivity contribution in [2.75, 3.05) is 20.6 Å². The number of carbonyl (C=O) groups excluding carboxylic acids is 1. The number of phenolic OH excluding ortho intramolecular Hbond substituents is 1. The molecule has 2 rings (SSSR count). The number of aliphatic carboxylic acids is 1. The molecule has 0 aliphatic rings. The third kappa shape index (κ3) is 7.42. The summed E-state index contributed by atoms with van der Waals surface area (Å²) in [6, 6.07) is 9.14. The average molecular weight is 467 g/mol. The van der Waals surface area contributed by atoms with E-state index >= 15 is 0 Å². The summed E-state index contributed by atoms with van der Waals surface area (Å²) >= 11 is 12.6. The number of nitrogens with zero attached hydrogens (tertiary/aromatic N) is 1. The summed E-state index contributed by atoms with van der Waals surface area (Å²) in [5, 5.41) is 22.7. The summed E-state index contributed by atoms with van der Waals surface area (Å²) in [4.78, 5) is 26.4. The van der Waals surface area contributed by atoms with E-state index in [1.807, 2.05) is 20.2 Å². The number of rotatable bonds is 11. The molecule has 0 saturated carbocycles. The van der Waals surface area contributed by atoms with Crippen LogP contribution in [0.1, 0.15) is 40.7 Å². The number of halogens is 2. The fraction of sp³-hybridized carbons (Fsp3) is 0.391. The molecule has 2 aromatic rings. The van der Waals surface area contributed by atoms with Gasteiger partial charge in [0.05, 0.1) is 10.6 Å². The summed E-state index contributed by atoms with van der Waals surface area (Å²) in [6.07, 6.45) is 3.54. The highest BCUT2D eigenvalue weighted by Crippen LogP contribution is 2.37. The lowest BCUT2D eigenvalue weighted by molar-refractivity contribution is -0.139. The predicted molar refractivity (Wildman–Crippen MR) is 123 cm³/mol. The van der Waals surface area contributed by atoms with Crippen LogP contribution >= 0.6 is 23.2 Å². The molecule has 0 bridgehead atoms. The zero-order valence-corrected chi connectivity index (χ0v) is 19.2. The number of amides is 1. The van der Waals surface area contributed by atoms with E-state index in [9.17, 15) is 19.8 Å². The Hall–Kier alpha value is -2.28. The number of nitrogens with one attached hydrogen (secondary N) is 1. The highest BCUT2D eigenvalue weighted by Gasteiger charge is 2.25. The van der Waals surface area contributed by atoms with Crippen LogP contribution in [0.4, 0.5) is 0 Å². The first kappa shape index (κ1) is 25.0. The first-order valence-electron chi connectivity index (χ1n) is 10.1. The number of carbonyl (C=O) groups is 2. The first-order valence-corrected chi connectivity index (χ1v) is 10.9. The lowest BCUT2D eigenvalue weighted by Gasteiger charge is -2.17. The molecule has 3 N–H and O–H groups in total. The van der Waals surface area contributed by atoms with Crippen molar-refractivity contribution in [3.8, 4) is 5.75 Å². The molecule has 1 amide bonds. The molecule has 0 aliphatic carbocycles. The number of hydrogen-bond acceptors (Lipinski definition) is 4. The molecule has 31 heavy (non-hydrogen) atoms. The summed E-state index contributed by atoms with van der Waals surface area (Å²) in [7, 11) is 4.04. The Kier molecular flexibility index (Phi) is 9.62. The van der Waals surface area contributed by atoms with Gasteiger partial charge in [-0.05, 0) is 57.1 Å². The Morgan fingerprint density at radius 1 is 1.10 bits per heavy atom. The van der Waals surface area contributed by atoms with Crippen molar-refractivity contribution in [1.29, 1.82) is 0 Å². The van der Waals surface area contributed by atoms with Crippen LogP contribution in [0.25, 0.3) is 0 Å². The van der Waals surface area contributed by atoms with Crippen LogP contribution in [0, 0.1) is 0 Å². The van der Waals surface area contributed by atoms with E-state index in [2.05, 4.69) is 10.2 Å². The molecule has 0 aliphatic heterocycles. The van der Waals surface area contributed by atoms with Crippen molar-refractivity contribution in [3.05, 3.63) is 63.1 Å². The Morgan fingerprint density at radius 3 is 2.39 bits per heavy atom. The third-order valence-electron chi connectivity index (χ3n) is 4.95. The van der Waals surface area contributed by atoms with Gasteiger partial charge in [0.2, 0.25) is 0 Å². The lowest BCUT2D eigenvalue weighted by Crippen LogP contribution is -2.42. The largest absolute Gasteiger partial charge is 0.506 e. The molecule has 0 aromatic heterocycles. The fourth-order valence-corrected chi connectivity index (χ4v) is 3.89. The van der Waals surface area contributed by atoms with Crippen molar-refractivity contribution in [2.24, 2.45) is 0 Å². The highest BCUT2D eigenvalue weighted by molar-refractivity contribution is 6.37. The van der Waals surface area contributed by atoms with Crippen molar-refractivity contribution >= 4 is 35.1 Å². The van der Waals surface area contributed by atoms with Gasteiger partial charge in [-0.2, -0.15) is 0 Å². The summed E-state index contributed by atoms with van der Waals surface area (Å²) in [5.41, 5.74) is 1.20. The Balaban J connectivity index is 2.10. The zero-order chi connectivity index (χ0) is 23.0. The maximum absolute atomic E-state index is 12.7. The molecule has 0 radical (unpaired) electrons. The van der Waals surface area contributed by atoms with Gasteiger partial charge in [0, 0.05) is 11.4 Å². The molecule has 0 heterocycles. The van der Waals surface area contributed by atoms with Crippen LogP contribution < -0.4 is 5.32 Å². The number of phenols is 1. The third-order valence-corrected chi connectivity index (χ3v) is 5.69. The van der Waals surface area contributed by atoms with E-state index in [1.54, 1.807) is 24.3 Å². The Labute approximate surface area is 192 Å². The van der Waals surface area contributed by atoms with Gasteiger partial charge in [0.15, 0.2) is 0 Å². The fourth-order valence-electron chi connectivity index (χ4n) is 3.24. The van der Waals surface area contributed by atoms with E-state index in [-0.39, 0.29) is 22.0 Å². The van der Waals surface area contributed by atoms with Gasteiger partial charge >= 0.3 is 5.97 Å². The minimum Gasteiger partial charge on any atom is -0.506 e. The average Bonchev–Trinajstić information content (AvgIpc) is 2.72. The van der Waals surface area contributed by atoms with E-state index in [0.29, 0.717) is 12.0 Å². The first-order chi connectivity index (χ1) is 14.7. The molecule has 8 heteroatoms. The van der Waals surface area contributed by atoms with Gasteiger partial charge in [0.1, 0.15) is 11.8 Å². The second kappa shape index (κ2) is 11.9. The number of hydrogen-bond donors (Lipinski definition) is 3. The van der Waals surface area contributed by atoms with Crippen LogP contribution in [-0.2, 0) is 17.6 Å². The molecule has 6 nitrogen and oxygen atoms in total. The molecule has 168 valence electrons. The molecule has 0 unspecified atom stereocenters. The highest BCUT2D eigenvalue weighted by atomic mass is 35.5. The normalized spacial score (nSPS) is 12.0. The van der Waals surface area contributed by atoms with Crippen molar-refractivity contribution < 1.29 is 19.8 Å². The lowest BCUT2D eigenvalue weighted by atomic mass is 10.0. The van der Waals surface area contributed by atoms with Crippen molar-refractivity contribution in [3.63, 3.8) is 0 Å². The second-order valence-electron chi connectivity index (χ2n) is 7.72. The van der Waals surface area contributed by atoms with Gasteiger partial charge in [-0.15, -0.1) is 0 Å². The molecule has 0 fully saturated rings. The van der Waals surface area contributed by atoms with Crippen LogP contribution in [-0.4, -0.2) is 53.7 Å². The second-order valence-corrected chi connectivity index (χ2v) is 8.50. The molecule has 1 atom stereocenters. The Morgan fingerprint density at radius 2 is 1.77 bits per heavy atom. The number of aromatic hydroxyl groups is 1. The standard InChI is InChI=1S/C23H28Cl2N2O4/c1-27(2)12-8-4-7-11-16-18(24)14-17(21(28)20(16)25)22(29)26-19(23(30)31)13-15-9-5-3-6-10-15/h3,5-6,9-10,14,19,28H,4,7-8,11-13H2,1-2H3,(H,26,29)(H,30,31)/t19-/m0/s1. The van der Waals surface area contributed by atoms with Gasteiger partial charge in [-0.3, -0.25) is 4.79 Å². The molecule has 0 saturated heterocycles. The molecule has 2 aromatic carbocycles. The SMILES string of the molecule is CN(C)CCCCCc1c(Cl)cc(C(=O)N[C@@H](Cc2ccccc2)C(=O)O)c(O)c1Cl. The maximum atomic E-state index is 12.7.